The molecule has 0 amide bonds. The molecule has 1 unspecified atom stereocenters. The lowest BCUT2D eigenvalue weighted by atomic mass is 10.1. The van der Waals surface area contributed by atoms with Gasteiger partial charge in [-0.15, -0.1) is 0 Å². The van der Waals surface area contributed by atoms with Gasteiger partial charge in [0.1, 0.15) is 0 Å². The van der Waals surface area contributed by atoms with E-state index in [1.165, 1.54) is 9.87 Å². The fraction of sp³-hybridized carbons (Fsp3) is 0.611. The van der Waals surface area contributed by atoms with Crippen molar-refractivity contribution in [3.05, 3.63) is 35.9 Å². The molecule has 0 fully saturated rings. The third kappa shape index (κ3) is 8.36. The molecule has 0 spiro atoms. The lowest BCUT2D eigenvalue weighted by molar-refractivity contribution is 0.461. The van der Waals surface area contributed by atoms with Crippen molar-refractivity contribution in [3.63, 3.8) is 0 Å². The molecule has 0 aliphatic heterocycles. The number of guanidine groups is 1. The van der Waals surface area contributed by atoms with Crippen LogP contribution in [0.25, 0.3) is 0 Å². The molecule has 2 N–H and O–H groups in total. The van der Waals surface area contributed by atoms with Gasteiger partial charge in [0.25, 0.3) is 0 Å². The van der Waals surface area contributed by atoms with Gasteiger partial charge in [-0.05, 0) is 38.7 Å². The maximum atomic E-state index is 11.7. The van der Waals surface area contributed by atoms with Gasteiger partial charge in [0.15, 0.2) is 5.96 Å². The first-order chi connectivity index (χ1) is 11.9. The minimum absolute atomic E-state index is 0.138. The van der Waals surface area contributed by atoms with Crippen molar-refractivity contribution >= 4 is 16.0 Å². The van der Waals surface area contributed by atoms with Crippen LogP contribution in [-0.4, -0.2) is 57.7 Å². The number of sulfonamides is 1. The van der Waals surface area contributed by atoms with Crippen LogP contribution in [-0.2, 0) is 16.4 Å². The van der Waals surface area contributed by atoms with E-state index < -0.39 is 10.0 Å². The van der Waals surface area contributed by atoms with Gasteiger partial charge in [0, 0.05) is 33.2 Å². The van der Waals surface area contributed by atoms with Crippen molar-refractivity contribution in [2.24, 2.45) is 4.99 Å². The number of nitrogens with one attached hydrogen (secondary N) is 2. The maximum absolute atomic E-state index is 11.7. The number of benzene rings is 1. The summed E-state index contributed by atoms with van der Waals surface area (Å²) in [6, 6.07) is 10.7. The van der Waals surface area contributed by atoms with Crippen LogP contribution in [0.3, 0.4) is 0 Å². The van der Waals surface area contributed by atoms with Crippen LogP contribution in [0.4, 0.5) is 0 Å². The third-order valence-electron chi connectivity index (χ3n) is 4.10. The molecular weight excluding hydrogens is 336 g/mol. The van der Waals surface area contributed by atoms with Crippen LogP contribution in [0.1, 0.15) is 32.3 Å². The first-order valence-electron chi connectivity index (χ1n) is 8.84. The summed E-state index contributed by atoms with van der Waals surface area (Å²) in [4.78, 5) is 4.23. The quantitative estimate of drug-likeness (QED) is 0.375. The zero-order chi connectivity index (χ0) is 18.7. The summed E-state index contributed by atoms with van der Waals surface area (Å²) in [5, 5.41) is 6.61. The van der Waals surface area contributed by atoms with Gasteiger partial charge in [-0.25, -0.2) is 12.7 Å². The fourth-order valence-corrected chi connectivity index (χ4v) is 3.24. The zero-order valence-corrected chi connectivity index (χ0v) is 16.6. The van der Waals surface area contributed by atoms with E-state index in [-0.39, 0.29) is 5.75 Å². The first-order valence-corrected chi connectivity index (χ1v) is 10.4. The van der Waals surface area contributed by atoms with Crippen molar-refractivity contribution < 1.29 is 8.42 Å². The highest BCUT2D eigenvalue weighted by Gasteiger charge is 2.14. The number of aliphatic imine (C=N–C) groups is 1. The van der Waals surface area contributed by atoms with Crippen molar-refractivity contribution in [2.75, 3.05) is 32.9 Å². The number of hydrogen-bond acceptors (Lipinski definition) is 3. The van der Waals surface area contributed by atoms with Crippen LogP contribution >= 0.6 is 0 Å². The molecule has 7 heteroatoms. The standard InChI is InChI=1S/C18H32N4O2S/c1-5-25(23,24)22(4)15-9-14-20-18(19-3)21-16(2)12-13-17-10-7-6-8-11-17/h6-8,10-11,16H,5,9,12-15H2,1-4H3,(H2,19,20,21). The van der Waals surface area contributed by atoms with Crippen LogP contribution in [0.5, 0.6) is 0 Å². The number of rotatable bonds is 10. The van der Waals surface area contributed by atoms with Crippen LogP contribution in [0.15, 0.2) is 35.3 Å². The topological polar surface area (TPSA) is 73.8 Å². The number of hydrogen-bond donors (Lipinski definition) is 2. The Bertz CT molecular complexity index is 617. The predicted molar refractivity (Wildman–Crippen MR) is 105 cm³/mol. The zero-order valence-electron chi connectivity index (χ0n) is 15.8. The molecule has 0 aromatic heterocycles. The highest BCUT2D eigenvalue weighted by atomic mass is 32.2. The van der Waals surface area contributed by atoms with E-state index in [1.807, 2.05) is 6.07 Å². The smallest absolute Gasteiger partial charge is 0.213 e. The summed E-state index contributed by atoms with van der Waals surface area (Å²) in [7, 11) is 0.268. The van der Waals surface area contributed by atoms with Crippen LogP contribution < -0.4 is 10.6 Å². The van der Waals surface area contributed by atoms with E-state index in [2.05, 4.69) is 46.8 Å². The van der Waals surface area contributed by atoms with E-state index >= 15 is 0 Å². The minimum Gasteiger partial charge on any atom is -0.356 e. The normalized spacial score (nSPS) is 13.7. The van der Waals surface area contributed by atoms with Gasteiger partial charge < -0.3 is 10.6 Å². The summed E-state index contributed by atoms with van der Waals surface area (Å²) in [6.07, 6.45) is 2.77. The van der Waals surface area contributed by atoms with Gasteiger partial charge in [0.05, 0.1) is 5.75 Å². The Hall–Kier alpha value is -1.60. The summed E-state index contributed by atoms with van der Waals surface area (Å²) in [5.74, 6) is 0.889. The molecule has 25 heavy (non-hydrogen) atoms. The molecule has 0 heterocycles. The highest BCUT2D eigenvalue weighted by Crippen LogP contribution is 2.04. The maximum Gasteiger partial charge on any atom is 0.213 e. The molecular formula is C18H32N4O2S. The van der Waals surface area contributed by atoms with E-state index in [1.54, 1.807) is 21.0 Å². The van der Waals surface area contributed by atoms with E-state index in [0.29, 0.717) is 19.1 Å². The highest BCUT2D eigenvalue weighted by molar-refractivity contribution is 7.89. The molecule has 1 rings (SSSR count). The largest absolute Gasteiger partial charge is 0.356 e. The lowest BCUT2D eigenvalue weighted by Crippen LogP contribution is -2.43. The second-order valence-corrected chi connectivity index (χ2v) is 8.51. The Morgan fingerprint density at radius 3 is 2.56 bits per heavy atom. The Kier molecular flexibility index (Phi) is 9.52. The van der Waals surface area contributed by atoms with Crippen molar-refractivity contribution in [2.45, 2.75) is 39.2 Å². The van der Waals surface area contributed by atoms with Gasteiger partial charge in [0.2, 0.25) is 10.0 Å². The summed E-state index contributed by atoms with van der Waals surface area (Å²) >= 11 is 0. The monoisotopic (exact) mass is 368 g/mol. The Balaban J connectivity index is 2.27. The van der Waals surface area contributed by atoms with Gasteiger partial charge in [-0.3, -0.25) is 4.99 Å². The van der Waals surface area contributed by atoms with E-state index in [9.17, 15) is 8.42 Å². The average molecular weight is 369 g/mol. The average Bonchev–Trinajstić information content (AvgIpc) is 2.63. The molecule has 1 aromatic carbocycles. The summed E-state index contributed by atoms with van der Waals surface area (Å²) in [5.41, 5.74) is 1.33. The Labute approximate surface area is 152 Å². The molecule has 6 nitrogen and oxygen atoms in total. The third-order valence-corrected chi connectivity index (χ3v) is 5.96. The molecule has 0 saturated heterocycles. The molecule has 1 atom stereocenters. The Morgan fingerprint density at radius 2 is 1.96 bits per heavy atom. The van der Waals surface area contributed by atoms with Gasteiger partial charge in [-0.1, -0.05) is 30.3 Å². The molecule has 0 aliphatic rings. The first kappa shape index (κ1) is 21.4. The van der Waals surface area contributed by atoms with E-state index in [0.717, 1.165) is 25.2 Å². The van der Waals surface area contributed by atoms with Crippen molar-refractivity contribution in [1.82, 2.24) is 14.9 Å². The van der Waals surface area contributed by atoms with Crippen LogP contribution in [0, 0.1) is 0 Å². The van der Waals surface area contributed by atoms with E-state index in [4.69, 9.17) is 0 Å². The predicted octanol–water partition coefficient (Wildman–Crippen LogP) is 1.84. The molecule has 0 bridgehead atoms. The molecule has 0 radical (unpaired) electrons. The Morgan fingerprint density at radius 1 is 1.28 bits per heavy atom. The lowest BCUT2D eigenvalue weighted by Gasteiger charge is -2.19. The minimum atomic E-state index is -3.10. The molecule has 0 aliphatic carbocycles. The SMILES string of the molecule is CCS(=O)(=O)N(C)CCCNC(=NC)NC(C)CCc1ccccc1. The molecule has 142 valence electrons. The summed E-state index contributed by atoms with van der Waals surface area (Å²) < 4.78 is 24.8. The van der Waals surface area contributed by atoms with Gasteiger partial charge in [-0.2, -0.15) is 0 Å². The van der Waals surface area contributed by atoms with Crippen molar-refractivity contribution in [1.29, 1.82) is 0 Å². The number of aryl methyl sites for hydroxylation is 1. The number of nitrogens with zero attached hydrogens (tertiary/aromatic N) is 2. The molecule has 0 saturated carbocycles. The second-order valence-electron chi connectivity index (χ2n) is 6.14. The second kappa shape index (κ2) is 11.1. The van der Waals surface area contributed by atoms with Gasteiger partial charge >= 0.3 is 0 Å². The fourth-order valence-electron chi connectivity index (χ4n) is 2.40. The van der Waals surface area contributed by atoms with Crippen molar-refractivity contribution in [3.8, 4) is 0 Å². The molecule has 1 aromatic rings. The summed E-state index contributed by atoms with van der Waals surface area (Å²) in [6.45, 7) is 4.97. The van der Waals surface area contributed by atoms with Crippen LogP contribution in [0.2, 0.25) is 0 Å².